The van der Waals surface area contributed by atoms with E-state index in [9.17, 15) is 4.79 Å². The Kier molecular flexibility index (Phi) is 5.64. The fraction of sp³-hybridized carbons (Fsp3) is 0.556. The van der Waals surface area contributed by atoms with Crippen molar-refractivity contribution in [2.24, 2.45) is 10.4 Å². The van der Waals surface area contributed by atoms with Gasteiger partial charge in [0, 0.05) is 25.3 Å². The average molecular weight is 316 g/mol. The lowest BCUT2D eigenvalue weighted by Gasteiger charge is -2.25. The van der Waals surface area contributed by atoms with Crippen LogP contribution in [-0.4, -0.2) is 38.0 Å². The minimum absolute atomic E-state index is 0.0430. The first-order valence-corrected chi connectivity index (χ1v) is 8.41. The molecule has 0 atom stereocenters. The SMILES string of the molecule is CCNC(=O)C(C)(C)CN=C(NCC)N1CCc2ccccc21. The number of nitrogens with one attached hydrogen (secondary N) is 2. The lowest BCUT2D eigenvalue weighted by atomic mass is 9.92. The molecule has 5 nitrogen and oxygen atoms in total. The van der Waals surface area contributed by atoms with Crippen molar-refractivity contribution in [1.29, 1.82) is 0 Å². The molecule has 1 amide bonds. The van der Waals surface area contributed by atoms with E-state index in [-0.39, 0.29) is 5.91 Å². The Morgan fingerprint density at radius 1 is 1.22 bits per heavy atom. The Morgan fingerprint density at radius 2 is 1.91 bits per heavy atom. The Balaban J connectivity index is 2.17. The summed E-state index contributed by atoms with van der Waals surface area (Å²) in [5.74, 6) is 0.899. The summed E-state index contributed by atoms with van der Waals surface area (Å²) in [6.07, 6.45) is 1.03. The minimum atomic E-state index is -0.518. The van der Waals surface area contributed by atoms with Gasteiger partial charge in [0.05, 0.1) is 12.0 Å². The molecule has 1 heterocycles. The Bertz CT molecular complexity index is 580. The van der Waals surface area contributed by atoms with E-state index in [0.29, 0.717) is 13.1 Å². The fourth-order valence-corrected chi connectivity index (χ4v) is 2.70. The van der Waals surface area contributed by atoms with E-state index in [1.54, 1.807) is 0 Å². The highest BCUT2D eigenvalue weighted by atomic mass is 16.2. The van der Waals surface area contributed by atoms with Gasteiger partial charge in [-0.05, 0) is 45.7 Å². The first-order chi connectivity index (χ1) is 11.0. The highest BCUT2D eigenvalue weighted by Gasteiger charge is 2.28. The maximum Gasteiger partial charge on any atom is 0.227 e. The Labute approximate surface area is 139 Å². The molecule has 2 N–H and O–H groups in total. The van der Waals surface area contributed by atoms with E-state index < -0.39 is 5.41 Å². The zero-order chi connectivity index (χ0) is 16.9. The summed E-state index contributed by atoms with van der Waals surface area (Å²) < 4.78 is 0. The minimum Gasteiger partial charge on any atom is -0.356 e. The molecule has 0 fully saturated rings. The molecule has 1 aliphatic rings. The van der Waals surface area contributed by atoms with E-state index in [0.717, 1.165) is 25.5 Å². The largest absolute Gasteiger partial charge is 0.356 e. The van der Waals surface area contributed by atoms with Gasteiger partial charge in [-0.1, -0.05) is 18.2 Å². The first kappa shape index (κ1) is 17.3. The number of hydrogen-bond acceptors (Lipinski definition) is 2. The van der Waals surface area contributed by atoms with Gasteiger partial charge in [-0.2, -0.15) is 0 Å². The third-order valence-electron chi connectivity index (χ3n) is 4.05. The van der Waals surface area contributed by atoms with Crippen molar-refractivity contribution in [3.05, 3.63) is 29.8 Å². The third-order valence-corrected chi connectivity index (χ3v) is 4.05. The zero-order valence-electron chi connectivity index (χ0n) is 14.6. The second kappa shape index (κ2) is 7.49. The first-order valence-electron chi connectivity index (χ1n) is 8.41. The van der Waals surface area contributed by atoms with Gasteiger partial charge in [0.25, 0.3) is 0 Å². The van der Waals surface area contributed by atoms with Crippen molar-refractivity contribution in [1.82, 2.24) is 10.6 Å². The van der Waals surface area contributed by atoms with Gasteiger partial charge in [0.2, 0.25) is 5.91 Å². The number of nitrogens with zero attached hydrogens (tertiary/aromatic N) is 2. The molecule has 1 aliphatic heterocycles. The van der Waals surface area contributed by atoms with Crippen LogP contribution < -0.4 is 15.5 Å². The Morgan fingerprint density at radius 3 is 2.61 bits per heavy atom. The highest BCUT2D eigenvalue weighted by Crippen LogP contribution is 2.27. The second-order valence-electron chi connectivity index (χ2n) is 6.44. The number of anilines is 1. The molecule has 0 saturated carbocycles. The summed E-state index contributed by atoms with van der Waals surface area (Å²) >= 11 is 0. The van der Waals surface area contributed by atoms with Crippen molar-refractivity contribution in [2.45, 2.75) is 34.1 Å². The van der Waals surface area contributed by atoms with Crippen LogP contribution in [0.2, 0.25) is 0 Å². The Hall–Kier alpha value is -2.04. The van der Waals surface area contributed by atoms with Crippen LogP contribution in [0.3, 0.4) is 0 Å². The molecule has 1 aromatic carbocycles. The number of guanidine groups is 1. The van der Waals surface area contributed by atoms with Gasteiger partial charge in [0.1, 0.15) is 0 Å². The molecular weight excluding hydrogens is 288 g/mol. The van der Waals surface area contributed by atoms with Crippen molar-refractivity contribution < 1.29 is 4.79 Å². The molecule has 0 aromatic heterocycles. The maximum atomic E-state index is 12.1. The standard InChI is InChI=1S/C18H28N4O/c1-5-19-16(23)18(3,4)13-21-17(20-6-2)22-12-11-14-9-7-8-10-15(14)22/h7-10H,5-6,11-13H2,1-4H3,(H,19,23)(H,20,21). The topological polar surface area (TPSA) is 56.7 Å². The number of aliphatic imine (C=N–C) groups is 1. The van der Waals surface area contributed by atoms with Crippen LogP contribution in [0.25, 0.3) is 0 Å². The van der Waals surface area contributed by atoms with Crippen molar-refractivity contribution >= 4 is 17.6 Å². The summed E-state index contributed by atoms with van der Waals surface area (Å²) in [6.45, 7) is 10.7. The number of amides is 1. The summed E-state index contributed by atoms with van der Waals surface area (Å²) in [5, 5.41) is 6.24. The molecule has 1 aromatic rings. The molecule has 0 radical (unpaired) electrons. The second-order valence-corrected chi connectivity index (χ2v) is 6.44. The lowest BCUT2D eigenvalue weighted by molar-refractivity contribution is -0.128. The molecule has 0 bridgehead atoms. The van der Waals surface area contributed by atoms with Crippen LogP contribution in [0, 0.1) is 5.41 Å². The van der Waals surface area contributed by atoms with Crippen molar-refractivity contribution in [2.75, 3.05) is 31.1 Å². The predicted octanol–water partition coefficient (Wildman–Crippen LogP) is 2.18. The lowest BCUT2D eigenvalue weighted by Crippen LogP contribution is -2.43. The van der Waals surface area contributed by atoms with Crippen LogP contribution in [-0.2, 0) is 11.2 Å². The van der Waals surface area contributed by atoms with Gasteiger partial charge < -0.3 is 15.5 Å². The van der Waals surface area contributed by atoms with Crippen molar-refractivity contribution in [3.8, 4) is 0 Å². The molecule has 0 unspecified atom stereocenters. The molecule has 23 heavy (non-hydrogen) atoms. The number of para-hydroxylation sites is 1. The number of benzene rings is 1. The van der Waals surface area contributed by atoms with Crippen LogP contribution >= 0.6 is 0 Å². The van der Waals surface area contributed by atoms with Gasteiger partial charge in [-0.25, -0.2) is 0 Å². The fourth-order valence-electron chi connectivity index (χ4n) is 2.70. The van der Waals surface area contributed by atoms with Crippen molar-refractivity contribution in [3.63, 3.8) is 0 Å². The number of hydrogen-bond donors (Lipinski definition) is 2. The quantitative estimate of drug-likeness (QED) is 0.647. The number of carbonyl (C=O) groups excluding carboxylic acids is 1. The number of carbonyl (C=O) groups is 1. The molecule has 0 aliphatic carbocycles. The van der Waals surface area contributed by atoms with Gasteiger partial charge >= 0.3 is 0 Å². The van der Waals surface area contributed by atoms with E-state index in [1.165, 1.54) is 11.3 Å². The maximum absolute atomic E-state index is 12.1. The number of rotatable bonds is 5. The number of fused-ring (bicyclic) bond motifs is 1. The van der Waals surface area contributed by atoms with Gasteiger partial charge in [-0.15, -0.1) is 0 Å². The average Bonchev–Trinajstić information content (AvgIpc) is 2.95. The highest BCUT2D eigenvalue weighted by molar-refractivity contribution is 5.98. The summed E-state index contributed by atoms with van der Waals surface area (Å²) in [7, 11) is 0. The van der Waals surface area contributed by atoms with E-state index in [1.807, 2.05) is 20.8 Å². The van der Waals surface area contributed by atoms with E-state index in [2.05, 4.69) is 46.7 Å². The molecule has 0 spiro atoms. The normalized spacial score (nSPS) is 14.6. The summed E-state index contributed by atoms with van der Waals surface area (Å²) in [4.78, 5) is 19.1. The molecular formula is C18H28N4O. The summed E-state index contributed by atoms with van der Waals surface area (Å²) in [5.41, 5.74) is 2.04. The summed E-state index contributed by atoms with van der Waals surface area (Å²) in [6, 6.07) is 8.42. The molecule has 2 rings (SSSR count). The third kappa shape index (κ3) is 4.03. The monoisotopic (exact) mass is 316 g/mol. The van der Waals surface area contributed by atoms with Gasteiger partial charge in [0.15, 0.2) is 5.96 Å². The van der Waals surface area contributed by atoms with Crippen LogP contribution in [0.5, 0.6) is 0 Å². The van der Waals surface area contributed by atoms with Crippen LogP contribution in [0.15, 0.2) is 29.3 Å². The smallest absolute Gasteiger partial charge is 0.227 e. The molecule has 0 saturated heterocycles. The van der Waals surface area contributed by atoms with Gasteiger partial charge in [-0.3, -0.25) is 9.79 Å². The van der Waals surface area contributed by atoms with E-state index >= 15 is 0 Å². The van der Waals surface area contributed by atoms with Crippen LogP contribution in [0.4, 0.5) is 5.69 Å². The predicted molar refractivity (Wildman–Crippen MR) is 95.9 cm³/mol. The van der Waals surface area contributed by atoms with E-state index in [4.69, 9.17) is 4.99 Å². The molecule has 5 heteroatoms. The molecule has 126 valence electrons. The zero-order valence-corrected chi connectivity index (χ0v) is 14.6. The van der Waals surface area contributed by atoms with Crippen LogP contribution in [0.1, 0.15) is 33.3 Å².